The zero-order valence-electron chi connectivity index (χ0n) is 8.14. The number of hydrogen-bond acceptors (Lipinski definition) is 4. The van der Waals surface area contributed by atoms with Crippen molar-refractivity contribution < 1.29 is 13.5 Å². The van der Waals surface area contributed by atoms with Gasteiger partial charge in [-0.2, -0.15) is 0 Å². The minimum absolute atomic E-state index is 0.0149. The molecule has 84 valence electrons. The predicted molar refractivity (Wildman–Crippen MR) is 61.3 cm³/mol. The summed E-state index contributed by atoms with van der Waals surface area (Å²) < 4.78 is 23.5. The van der Waals surface area contributed by atoms with Gasteiger partial charge in [-0.3, -0.25) is 0 Å². The van der Waals surface area contributed by atoms with Gasteiger partial charge in [0.1, 0.15) is 0 Å². The van der Waals surface area contributed by atoms with Gasteiger partial charge in [0.05, 0.1) is 11.0 Å². The Morgan fingerprint density at radius 3 is 2.60 bits per heavy atom. The second-order valence-electron chi connectivity index (χ2n) is 3.21. The van der Waals surface area contributed by atoms with Gasteiger partial charge in [0.15, 0.2) is 9.84 Å². The van der Waals surface area contributed by atoms with Gasteiger partial charge in [-0.15, -0.1) is 0 Å². The van der Waals surface area contributed by atoms with Gasteiger partial charge in [-0.05, 0) is 18.2 Å². The molecule has 0 aliphatic heterocycles. The van der Waals surface area contributed by atoms with E-state index in [-0.39, 0.29) is 11.4 Å². The Morgan fingerprint density at radius 2 is 2.13 bits per heavy atom. The van der Waals surface area contributed by atoms with Crippen molar-refractivity contribution >= 4 is 25.8 Å². The molecule has 3 N–H and O–H groups in total. The van der Waals surface area contributed by atoms with Crippen molar-refractivity contribution in [2.75, 3.05) is 12.8 Å². The van der Waals surface area contributed by atoms with E-state index in [1.807, 2.05) is 0 Å². The molecule has 0 saturated carbocycles. The SMILES string of the molecule is CS(=O)(=O)c1ccc(Br)cc1C(O)CN. The van der Waals surface area contributed by atoms with E-state index >= 15 is 0 Å². The van der Waals surface area contributed by atoms with E-state index in [9.17, 15) is 13.5 Å². The van der Waals surface area contributed by atoms with Gasteiger partial charge in [-0.25, -0.2) is 8.42 Å². The van der Waals surface area contributed by atoms with Crippen LogP contribution in [0.15, 0.2) is 27.6 Å². The first-order valence-corrected chi connectivity index (χ1v) is 6.92. The molecule has 0 saturated heterocycles. The molecule has 15 heavy (non-hydrogen) atoms. The molecule has 0 aliphatic carbocycles. The minimum atomic E-state index is -3.34. The second kappa shape index (κ2) is 4.61. The lowest BCUT2D eigenvalue weighted by Gasteiger charge is -2.13. The van der Waals surface area contributed by atoms with Crippen LogP contribution in [0, 0.1) is 0 Å². The maximum Gasteiger partial charge on any atom is 0.175 e. The smallest absolute Gasteiger partial charge is 0.175 e. The zero-order valence-corrected chi connectivity index (χ0v) is 10.5. The van der Waals surface area contributed by atoms with E-state index in [1.54, 1.807) is 12.1 Å². The molecule has 1 aromatic rings. The first-order chi connectivity index (χ1) is 6.86. The number of benzene rings is 1. The molecule has 0 radical (unpaired) electrons. The Morgan fingerprint density at radius 1 is 1.53 bits per heavy atom. The third kappa shape index (κ3) is 3.01. The van der Waals surface area contributed by atoms with Crippen LogP contribution in [0.4, 0.5) is 0 Å². The molecule has 6 heteroatoms. The van der Waals surface area contributed by atoms with Crippen LogP contribution in [-0.2, 0) is 9.84 Å². The highest BCUT2D eigenvalue weighted by Gasteiger charge is 2.18. The number of aliphatic hydroxyl groups excluding tert-OH is 1. The van der Waals surface area contributed by atoms with Crippen LogP contribution in [-0.4, -0.2) is 26.3 Å². The van der Waals surface area contributed by atoms with Crippen molar-refractivity contribution in [2.45, 2.75) is 11.0 Å². The third-order valence-electron chi connectivity index (χ3n) is 1.95. The van der Waals surface area contributed by atoms with E-state index in [4.69, 9.17) is 5.73 Å². The molecule has 0 heterocycles. The Labute approximate surface area is 97.2 Å². The molecule has 0 bridgehead atoms. The molecule has 4 nitrogen and oxygen atoms in total. The highest BCUT2D eigenvalue weighted by Crippen LogP contribution is 2.25. The Hall–Kier alpha value is -0.430. The fourth-order valence-corrected chi connectivity index (χ4v) is 2.56. The molecule has 0 aromatic heterocycles. The average Bonchev–Trinajstić information content (AvgIpc) is 2.14. The van der Waals surface area contributed by atoms with Gasteiger partial charge >= 0.3 is 0 Å². The fourth-order valence-electron chi connectivity index (χ4n) is 1.24. The Kier molecular flexibility index (Phi) is 3.88. The van der Waals surface area contributed by atoms with Crippen LogP contribution in [0.25, 0.3) is 0 Å². The summed E-state index contributed by atoms with van der Waals surface area (Å²) in [5.74, 6) is 0. The van der Waals surface area contributed by atoms with Crippen molar-refractivity contribution in [2.24, 2.45) is 5.73 Å². The number of halogens is 1. The number of hydrogen-bond donors (Lipinski definition) is 2. The largest absolute Gasteiger partial charge is 0.387 e. The van der Waals surface area contributed by atoms with Crippen LogP contribution in [0.2, 0.25) is 0 Å². The fraction of sp³-hybridized carbons (Fsp3) is 0.333. The molecule has 0 spiro atoms. The van der Waals surface area contributed by atoms with Crippen LogP contribution in [0.5, 0.6) is 0 Å². The molecular weight excluding hydrogens is 282 g/mol. The van der Waals surface area contributed by atoms with Crippen LogP contribution in [0.1, 0.15) is 11.7 Å². The zero-order chi connectivity index (χ0) is 11.6. The molecule has 0 amide bonds. The monoisotopic (exact) mass is 293 g/mol. The third-order valence-corrected chi connectivity index (χ3v) is 3.62. The lowest BCUT2D eigenvalue weighted by Crippen LogP contribution is -2.15. The van der Waals surface area contributed by atoms with Gasteiger partial charge in [0.2, 0.25) is 0 Å². The van der Waals surface area contributed by atoms with E-state index in [0.717, 1.165) is 6.26 Å². The summed E-state index contributed by atoms with van der Waals surface area (Å²) in [4.78, 5) is 0.114. The summed E-state index contributed by atoms with van der Waals surface area (Å²) in [6.07, 6.45) is 0.135. The summed E-state index contributed by atoms with van der Waals surface area (Å²) >= 11 is 3.21. The summed E-state index contributed by atoms with van der Waals surface area (Å²) in [6.45, 7) is -0.0149. The standard InChI is InChI=1S/C9H12BrNO3S/c1-15(13,14)9-3-2-6(10)4-7(9)8(12)5-11/h2-4,8,12H,5,11H2,1H3. The van der Waals surface area contributed by atoms with Crippen molar-refractivity contribution in [1.29, 1.82) is 0 Å². The van der Waals surface area contributed by atoms with Crippen LogP contribution in [0.3, 0.4) is 0 Å². The molecule has 1 aromatic carbocycles. The van der Waals surface area contributed by atoms with E-state index < -0.39 is 15.9 Å². The van der Waals surface area contributed by atoms with Gasteiger partial charge in [0.25, 0.3) is 0 Å². The normalized spacial score (nSPS) is 13.9. The lowest BCUT2D eigenvalue weighted by atomic mass is 10.1. The molecule has 0 fully saturated rings. The first kappa shape index (κ1) is 12.6. The lowest BCUT2D eigenvalue weighted by molar-refractivity contribution is 0.183. The van der Waals surface area contributed by atoms with Crippen molar-refractivity contribution in [3.8, 4) is 0 Å². The van der Waals surface area contributed by atoms with Crippen LogP contribution >= 0.6 is 15.9 Å². The Bertz CT molecular complexity index is 458. The van der Waals surface area contributed by atoms with E-state index in [2.05, 4.69) is 15.9 Å². The van der Waals surface area contributed by atoms with Crippen LogP contribution < -0.4 is 5.73 Å². The molecule has 1 unspecified atom stereocenters. The quantitative estimate of drug-likeness (QED) is 0.866. The Balaban J connectivity index is 3.40. The number of rotatable bonds is 3. The van der Waals surface area contributed by atoms with Crippen molar-refractivity contribution in [3.63, 3.8) is 0 Å². The maximum absolute atomic E-state index is 11.4. The van der Waals surface area contributed by atoms with E-state index in [1.165, 1.54) is 6.07 Å². The highest BCUT2D eigenvalue weighted by atomic mass is 79.9. The minimum Gasteiger partial charge on any atom is -0.387 e. The van der Waals surface area contributed by atoms with E-state index in [0.29, 0.717) is 10.0 Å². The summed E-state index contributed by atoms with van der Waals surface area (Å²) in [5, 5.41) is 9.59. The second-order valence-corrected chi connectivity index (χ2v) is 6.11. The highest BCUT2D eigenvalue weighted by molar-refractivity contribution is 9.10. The average molecular weight is 294 g/mol. The first-order valence-electron chi connectivity index (χ1n) is 4.24. The summed E-state index contributed by atoms with van der Waals surface area (Å²) in [7, 11) is -3.34. The summed E-state index contributed by atoms with van der Waals surface area (Å²) in [6, 6.07) is 4.63. The number of aliphatic hydroxyl groups is 1. The molecule has 1 rings (SSSR count). The van der Waals surface area contributed by atoms with Gasteiger partial charge in [-0.1, -0.05) is 15.9 Å². The van der Waals surface area contributed by atoms with Gasteiger partial charge < -0.3 is 10.8 Å². The van der Waals surface area contributed by atoms with Crippen molar-refractivity contribution in [3.05, 3.63) is 28.2 Å². The number of nitrogens with two attached hydrogens (primary N) is 1. The molecule has 1 atom stereocenters. The van der Waals surface area contributed by atoms with Gasteiger partial charge in [0, 0.05) is 22.8 Å². The predicted octanol–water partition coefficient (Wildman–Crippen LogP) is 0.845. The number of sulfone groups is 1. The topological polar surface area (TPSA) is 80.4 Å². The molecular formula is C9H12BrNO3S. The van der Waals surface area contributed by atoms with Crippen molar-refractivity contribution in [1.82, 2.24) is 0 Å². The summed E-state index contributed by atoms with van der Waals surface area (Å²) in [5.41, 5.74) is 5.63. The molecule has 0 aliphatic rings. The maximum atomic E-state index is 11.4.